The number of carbonyl (C=O) groups is 1. The molecule has 0 spiro atoms. The van der Waals surface area contributed by atoms with Crippen molar-refractivity contribution in [3.63, 3.8) is 0 Å². The van der Waals surface area contributed by atoms with E-state index in [4.69, 9.17) is 14.5 Å². The average molecular weight is 486 g/mol. The molecule has 0 aliphatic heterocycles. The maximum Gasteiger partial charge on any atom is 0.356 e. The number of hydrogen-bond donors (Lipinski definition) is 1. The first-order chi connectivity index (χ1) is 17.6. The highest BCUT2D eigenvalue weighted by atomic mass is 16.5. The van der Waals surface area contributed by atoms with Crippen molar-refractivity contribution in [1.82, 2.24) is 14.6 Å². The molecule has 0 radical (unpaired) electrons. The summed E-state index contributed by atoms with van der Waals surface area (Å²) in [6, 6.07) is 19.3. The van der Waals surface area contributed by atoms with Crippen LogP contribution in [0.25, 0.3) is 16.9 Å². The molecule has 186 valence electrons. The largest absolute Gasteiger partial charge is 0.489 e. The van der Waals surface area contributed by atoms with Crippen molar-refractivity contribution in [2.75, 3.05) is 7.11 Å². The molecule has 2 aromatic heterocycles. The van der Waals surface area contributed by atoms with Gasteiger partial charge < -0.3 is 9.47 Å². The quantitative estimate of drug-likeness (QED) is 0.330. The number of nitrogens with zero attached hydrogens (tertiary/aromatic N) is 2. The van der Waals surface area contributed by atoms with E-state index in [2.05, 4.69) is 5.10 Å². The SMILES string of the molecule is COC(=O)c1cc2nc(-c3ccc(OCc4ccccc4)cc3)c(CCC3CCCCC3)c(=O)n2[nH]1. The van der Waals surface area contributed by atoms with E-state index in [-0.39, 0.29) is 11.3 Å². The van der Waals surface area contributed by atoms with Crippen LogP contribution in [0.5, 0.6) is 5.75 Å². The van der Waals surface area contributed by atoms with Gasteiger partial charge in [-0.1, -0.05) is 62.4 Å². The lowest BCUT2D eigenvalue weighted by atomic mass is 9.85. The highest BCUT2D eigenvalue weighted by molar-refractivity contribution is 5.88. The molecule has 0 bridgehead atoms. The predicted octanol–water partition coefficient (Wildman–Crippen LogP) is 5.57. The molecule has 7 heteroatoms. The van der Waals surface area contributed by atoms with Crippen LogP contribution < -0.4 is 10.3 Å². The first-order valence-corrected chi connectivity index (χ1v) is 12.6. The van der Waals surface area contributed by atoms with E-state index < -0.39 is 5.97 Å². The van der Waals surface area contributed by atoms with Gasteiger partial charge in [0.05, 0.1) is 12.8 Å². The number of aromatic nitrogens is 3. The standard InChI is InChI=1S/C29H31N3O4/c1-35-29(34)25-18-26-30-27(22-13-15-23(16-14-22)36-19-21-10-6-3-7-11-21)24(28(33)32(26)31-25)17-12-20-8-4-2-5-9-20/h3,6-7,10-11,13-16,18,20,31H,2,4-5,8-9,12,17,19H2,1H3. The summed E-state index contributed by atoms with van der Waals surface area (Å²) in [5.41, 5.74) is 3.67. The fraction of sp³-hybridized carbons (Fsp3) is 0.345. The second kappa shape index (κ2) is 10.8. The molecule has 2 aromatic carbocycles. The molecule has 36 heavy (non-hydrogen) atoms. The molecule has 1 N–H and O–H groups in total. The van der Waals surface area contributed by atoms with Gasteiger partial charge in [-0.2, -0.15) is 0 Å². The number of aromatic amines is 1. The molecule has 1 fully saturated rings. The first kappa shape index (κ1) is 23.9. The summed E-state index contributed by atoms with van der Waals surface area (Å²) in [6.07, 6.45) is 7.86. The summed E-state index contributed by atoms with van der Waals surface area (Å²) in [4.78, 5) is 30.4. The molecule has 4 aromatic rings. The zero-order valence-corrected chi connectivity index (χ0v) is 20.5. The third kappa shape index (κ3) is 5.20. The Morgan fingerprint density at radius 2 is 1.81 bits per heavy atom. The topological polar surface area (TPSA) is 85.7 Å². The Labute approximate surface area is 210 Å². The van der Waals surface area contributed by atoms with Crippen molar-refractivity contribution in [2.24, 2.45) is 5.92 Å². The molecule has 1 aliphatic carbocycles. The molecular formula is C29H31N3O4. The number of benzene rings is 2. The number of fused-ring (bicyclic) bond motifs is 1. The molecule has 0 unspecified atom stereocenters. The predicted molar refractivity (Wildman–Crippen MR) is 138 cm³/mol. The van der Waals surface area contributed by atoms with Gasteiger partial charge in [-0.25, -0.2) is 14.3 Å². The van der Waals surface area contributed by atoms with E-state index in [1.54, 1.807) is 6.07 Å². The highest BCUT2D eigenvalue weighted by Crippen LogP contribution is 2.30. The van der Waals surface area contributed by atoms with Crippen LogP contribution in [0.3, 0.4) is 0 Å². The van der Waals surface area contributed by atoms with Crippen LogP contribution in [0.15, 0.2) is 65.5 Å². The summed E-state index contributed by atoms with van der Waals surface area (Å²) >= 11 is 0. The van der Waals surface area contributed by atoms with Gasteiger partial charge in [0.25, 0.3) is 5.56 Å². The minimum absolute atomic E-state index is 0.176. The molecule has 0 saturated heterocycles. The monoisotopic (exact) mass is 485 g/mol. The van der Waals surface area contributed by atoms with E-state index in [1.807, 2.05) is 54.6 Å². The summed E-state index contributed by atoms with van der Waals surface area (Å²) in [7, 11) is 1.31. The van der Waals surface area contributed by atoms with Crippen LogP contribution >= 0.6 is 0 Å². The number of H-pyrrole nitrogens is 1. The molecular weight excluding hydrogens is 454 g/mol. The van der Waals surface area contributed by atoms with Gasteiger partial charge in [0.15, 0.2) is 5.65 Å². The lowest BCUT2D eigenvalue weighted by Gasteiger charge is -2.21. The van der Waals surface area contributed by atoms with Crippen molar-refractivity contribution in [3.05, 3.63) is 87.8 Å². The third-order valence-corrected chi connectivity index (χ3v) is 7.02. The van der Waals surface area contributed by atoms with Crippen molar-refractivity contribution < 1.29 is 14.3 Å². The second-order valence-electron chi connectivity index (χ2n) is 9.44. The minimum atomic E-state index is -0.537. The van der Waals surface area contributed by atoms with Crippen LogP contribution in [0.2, 0.25) is 0 Å². The van der Waals surface area contributed by atoms with Crippen LogP contribution in [0.4, 0.5) is 0 Å². The maximum atomic E-state index is 13.6. The number of nitrogens with one attached hydrogen (secondary N) is 1. The average Bonchev–Trinajstić information content (AvgIpc) is 3.37. The van der Waals surface area contributed by atoms with E-state index in [1.165, 1.54) is 43.7 Å². The third-order valence-electron chi connectivity index (χ3n) is 7.02. The van der Waals surface area contributed by atoms with Gasteiger partial charge in [-0.15, -0.1) is 0 Å². The van der Waals surface area contributed by atoms with Crippen molar-refractivity contribution >= 4 is 11.6 Å². The number of carbonyl (C=O) groups excluding carboxylic acids is 1. The fourth-order valence-electron chi connectivity index (χ4n) is 5.01. The second-order valence-corrected chi connectivity index (χ2v) is 9.44. The Morgan fingerprint density at radius 3 is 2.53 bits per heavy atom. The van der Waals surface area contributed by atoms with Gasteiger partial charge in [0.2, 0.25) is 0 Å². The Hall–Kier alpha value is -3.87. The Balaban J connectivity index is 1.46. The summed E-state index contributed by atoms with van der Waals surface area (Å²) in [5.74, 6) is 0.846. The summed E-state index contributed by atoms with van der Waals surface area (Å²) in [5, 5.41) is 2.86. The number of methoxy groups -OCH3 is 1. The molecule has 2 heterocycles. The molecule has 7 nitrogen and oxygen atoms in total. The lowest BCUT2D eigenvalue weighted by molar-refractivity contribution is 0.0593. The van der Waals surface area contributed by atoms with E-state index in [0.29, 0.717) is 35.9 Å². The van der Waals surface area contributed by atoms with Crippen LogP contribution in [0, 0.1) is 5.92 Å². The highest BCUT2D eigenvalue weighted by Gasteiger charge is 2.21. The number of esters is 1. The number of hydrogen-bond acceptors (Lipinski definition) is 5. The fourth-order valence-corrected chi connectivity index (χ4v) is 5.01. The number of rotatable bonds is 8. The lowest BCUT2D eigenvalue weighted by Crippen LogP contribution is -2.23. The zero-order valence-electron chi connectivity index (χ0n) is 20.5. The molecule has 0 atom stereocenters. The zero-order chi connectivity index (χ0) is 24.9. The number of ether oxygens (including phenoxy) is 2. The van der Waals surface area contributed by atoms with Gasteiger partial charge in [0, 0.05) is 17.2 Å². The van der Waals surface area contributed by atoms with Gasteiger partial charge in [-0.05, 0) is 48.6 Å². The van der Waals surface area contributed by atoms with Gasteiger partial charge in [0.1, 0.15) is 18.1 Å². The smallest absolute Gasteiger partial charge is 0.356 e. The molecule has 0 amide bonds. The van der Waals surface area contributed by atoms with Gasteiger partial charge >= 0.3 is 5.97 Å². The first-order valence-electron chi connectivity index (χ1n) is 12.6. The van der Waals surface area contributed by atoms with E-state index >= 15 is 0 Å². The Kier molecular flexibility index (Phi) is 7.16. The van der Waals surface area contributed by atoms with Crippen molar-refractivity contribution in [2.45, 2.75) is 51.6 Å². The molecule has 5 rings (SSSR count). The van der Waals surface area contributed by atoms with Gasteiger partial charge in [-0.3, -0.25) is 9.89 Å². The summed E-state index contributed by atoms with van der Waals surface area (Å²) < 4.78 is 12.1. The van der Waals surface area contributed by atoms with E-state index in [0.717, 1.165) is 23.3 Å². The Bertz CT molecular complexity index is 1380. The van der Waals surface area contributed by atoms with Crippen molar-refractivity contribution in [1.29, 1.82) is 0 Å². The molecule has 1 aliphatic rings. The summed E-state index contributed by atoms with van der Waals surface area (Å²) in [6.45, 7) is 0.484. The van der Waals surface area contributed by atoms with E-state index in [9.17, 15) is 9.59 Å². The van der Waals surface area contributed by atoms with Crippen molar-refractivity contribution in [3.8, 4) is 17.0 Å². The normalized spacial score (nSPS) is 14.1. The van der Waals surface area contributed by atoms with Crippen LogP contribution in [0.1, 0.15) is 60.1 Å². The van der Waals surface area contributed by atoms with Crippen LogP contribution in [-0.2, 0) is 17.8 Å². The molecule has 1 saturated carbocycles. The van der Waals surface area contributed by atoms with Crippen LogP contribution in [-0.4, -0.2) is 27.7 Å². The Morgan fingerprint density at radius 1 is 1.06 bits per heavy atom. The minimum Gasteiger partial charge on any atom is -0.489 e. The maximum absolute atomic E-state index is 13.6.